The lowest BCUT2D eigenvalue weighted by atomic mass is 10.0. The molecular formula is C17H21NO4S. The highest BCUT2D eigenvalue weighted by Gasteiger charge is 2.20. The Kier molecular flexibility index (Phi) is 4.94. The van der Waals surface area contributed by atoms with Gasteiger partial charge in [-0.3, -0.25) is 4.79 Å². The van der Waals surface area contributed by atoms with Gasteiger partial charge in [0.05, 0.1) is 16.6 Å². The number of amides is 1. The van der Waals surface area contributed by atoms with Crippen LogP contribution in [0.15, 0.2) is 39.6 Å². The molecule has 0 aliphatic carbocycles. The highest BCUT2D eigenvalue weighted by Crippen LogP contribution is 2.25. The Hall–Kier alpha value is -2.08. The lowest BCUT2D eigenvalue weighted by molar-refractivity contribution is -0.117. The third kappa shape index (κ3) is 3.82. The maximum absolute atomic E-state index is 12.3. The molecule has 0 aliphatic heterocycles. The summed E-state index contributed by atoms with van der Waals surface area (Å²) < 4.78 is 29.0. The van der Waals surface area contributed by atoms with Crippen LogP contribution in [0.2, 0.25) is 0 Å². The van der Waals surface area contributed by atoms with Gasteiger partial charge in [-0.15, -0.1) is 0 Å². The van der Waals surface area contributed by atoms with Crippen LogP contribution in [-0.2, 0) is 14.6 Å². The highest BCUT2D eigenvalue weighted by molar-refractivity contribution is 7.91. The Morgan fingerprint density at radius 2 is 1.83 bits per heavy atom. The van der Waals surface area contributed by atoms with Crippen LogP contribution < -0.4 is 5.32 Å². The minimum atomic E-state index is -3.23. The first kappa shape index (κ1) is 17.3. The van der Waals surface area contributed by atoms with E-state index >= 15 is 0 Å². The molecule has 0 saturated heterocycles. The van der Waals surface area contributed by atoms with Crippen molar-refractivity contribution in [2.24, 2.45) is 0 Å². The summed E-state index contributed by atoms with van der Waals surface area (Å²) in [7, 11) is -3.23. The molecule has 0 radical (unpaired) electrons. The number of aryl methyl sites for hydroxylation is 2. The van der Waals surface area contributed by atoms with Crippen molar-refractivity contribution in [2.75, 3.05) is 11.1 Å². The Morgan fingerprint density at radius 1 is 1.22 bits per heavy atom. The predicted molar refractivity (Wildman–Crippen MR) is 89.4 cm³/mol. The van der Waals surface area contributed by atoms with E-state index in [4.69, 9.17) is 4.42 Å². The van der Waals surface area contributed by atoms with Crippen molar-refractivity contribution in [3.63, 3.8) is 0 Å². The molecule has 1 N–H and O–H groups in total. The summed E-state index contributed by atoms with van der Waals surface area (Å²) in [6.45, 7) is 7.08. The van der Waals surface area contributed by atoms with Gasteiger partial charge in [-0.1, -0.05) is 6.92 Å². The smallest absolute Gasteiger partial charge is 0.231 e. The molecule has 124 valence electrons. The summed E-state index contributed by atoms with van der Waals surface area (Å²) in [5.74, 6) is 1.03. The quantitative estimate of drug-likeness (QED) is 0.908. The SMILES string of the molecule is CCS(=O)(=O)c1ccc(NC(=O)[C@@H](C)c2cc(C)oc2C)cc1. The van der Waals surface area contributed by atoms with Crippen molar-refractivity contribution in [2.45, 2.75) is 38.5 Å². The molecule has 0 bridgehead atoms. The van der Waals surface area contributed by atoms with Gasteiger partial charge >= 0.3 is 0 Å². The molecule has 2 aromatic rings. The van der Waals surface area contributed by atoms with Gasteiger partial charge in [-0.2, -0.15) is 0 Å². The van der Waals surface area contributed by atoms with Crippen LogP contribution in [0.3, 0.4) is 0 Å². The molecule has 2 rings (SSSR count). The number of carbonyl (C=O) groups excluding carboxylic acids is 1. The summed E-state index contributed by atoms with van der Waals surface area (Å²) in [6.07, 6.45) is 0. The van der Waals surface area contributed by atoms with E-state index in [1.807, 2.05) is 26.8 Å². The number of furan rings is 1. The Labute approximate surface area is 136 Å². The van der Waals surface area contributed by atoms with Gasteiger partial charge in [0.1, 0.15) is 11.5 Å². The number of sulfone groups is 1. The Morgan fingerprint density at radius 3 is 2.30 bits per heavy atom. The number of carbonyl (C=O) groups is 1. The topological polar surface area (TPSA) is 76.4 Å². The lowest BCUT2D eigenvalue weighted by Crippen LogP contribution is -2.19. The van der Waals surface area contributed by atoms with E-state index in [-0.39, 0.29) is 22.5 Å². The molecule has 1 amide bonds. The number of hydrogen-bond acceptors (Lipinski definition) is 4. The van der Waals surface area contributed by atoms with E-state index in [1.54, 1.807) is 19.1 Å². The van der Waals surface area contributed by atoms with E-state index in [9.17, 15) is 13.2 Å². The second-order valence-electron chi connectivity index (χ2n) is 5.51. The summed E-state index contributed by atoms with van der Waals surface area (Å²) in [5.41, 5.74) is 1.42. The van der Waals surface area contributed by atoms with Gasteiger partial charge in [0.25, 0.3) is 0 Å². The van der Waals surface area contributed by atoms with Crippen molar-refractivity contribution in [3.8, 4) is 0 Å². The summed E-state index contributed by atoms with van der Waals surface area (Å²) >= 11 is 0. The number of nitrogens with one attached hydrogen (secondary N) is 1. The molecular weight excluding hydrogens is 314 g/mol. The van der Waals surface area contributed by atoms with Crippen LogP contribution in [0.25, 0.3) is 0 Å². The fraction of sp³-hybridized carbons (Fsp3) is 0.353. The molecule has 5 nitrogen and oxygen atoms in total. The van der Waals surface area contributed by atoms with Gasteiger partial charge in [-0.05, 0) is 51.1 Å². The average Bonchev–Trinajstić information content (AvgIpc) is 2.85. The number of anilines is 1. The molecule has 0 spiro atoms. The fourth-order valence-electron chi connectivity index (χ4n) is 2.38. The van der Waals surface area contributed by atoms with Crippen molar-refractivity contribution in [1.29, 1.82) is 0 Å². The monoisotopic (exact) mass is 335 g/mol. The fourth-order valence-corrected chi connectivity index (χ4v) is 3.27. The molecule has 0 aliphatic rings. The first-order valence-corrected chi connectivity index (χ1v) is 9.10. The Bertz CT molecular complexity index is 804. The van der Waals surface area contributed by atoms with Gasteiger partial charge < -0.3 is 9.73 Å². The highest BCUT2D eigenvalue weighted by atomic mass is 32.2. The number of benzene rings is 1. The average molecular weight is 335 g/mol. The van der Waals surface area contributed by atoms with Crippen LogP contribution in [-0.4, -0.2) is 20.1 Å². The zero-order valence-electron chi connectivity index (χ0n) is 13.7. The second kappa shape index (κ2) is 6.58. The molecule has 1 aromatic heterocycles. The van der Waals surface area contributed by atoms with Crippen molar-refractivity contribution < 1.29 is 17.6 Å². The van der Waals surface area contributed by atoms with Crippen LogP contribution in [0.4, 0.5) is 5.69 Å². The van der Waals surface area contributed by atoms with Crippen molar-refractivity contribution in [1.82, 2.24) is 0 Å². The zero-order chi connectivity index (χ0) is 17.2. The second-order valence-corrected chi connectivity index (χ2v) is 7.79. The molecule has 1 heterocycles. The van der Waals surface area contributed by atoms with Crippen LogP contribution in [0.1, 0.15) is 36.8 Å². The first-order chi connectivity index (χ1) is 10.7. The minimum absolute atomic E-state index is 0.0505. The molecule has 23 heavy (non-hydrogen) atoms. The van der Waals surface area contributed by atoms with Crippen LogP contribution >= 0.6 is 0 Å². The van der Waals surface area contributed by atoms with Crippen molar-refractivity contribution >= 4 is 21.4 Å². The number of rotatable bonds is 5. The van der Waals surface area contributed by atoms with Gasteiger partial charge in [0, 0.05) is 11.3 Å². The molecule has 0 saturated carbocycles. The Balaban J connectivity index is 2.13. The van der Waals surface area contributed by atoms with E-state index in [1.165, 1.54) is 12.1 Å². The molecule has 1 aromatic carbocycles. The maximum atomic E-state index is 12.3. The van der Waals surface area contributed by atoms with Gasteiger partial charge in [0.15, 0.2) is 9.84 Å². The largest absolute Gasteiger partial charge is 0.466 e. The summed E-state index contributed by atoms with van der Waals surface area (Å²) in [5, 5.41) is 2.80. The normalized spacial score (nSPS) is 12.9. The molecule has 6 heteroatoms. The first-order valence-electron chi connectivity index (χ1n) is 7.45. The lowest BCUT2D eigenvalue weighted by Gasteiger charge is -2.12. The molecule has 1 atom stereocenters. The van der Waals surface area contributed by atoms with E-state index in [0.717, 1.165) is 17.1 Å². The van der Waals surface area contributed by atoms with Crippen LogP contribution in [0.5, 0.6) is 0 Å². The molecule has 0 fully saturated rings. The zero-order valence-corrected chi connectivity index (χ0v) is 14.5. The summed E-state index contributed by atoms with van der Waals surface area (Å²) in [4.78, 5) is 12.6. The van der Waals surface area contributed by atoms with E-state index in [2.05, 4.69) is 5.32 Å². The third-order valence-electron chi connectivity index (χ3n) is 3.80. The van der Waals surface area contributed by atoms with Gasteiger partial charge in [-0.25, -0.2) is 8.42 Å². The van der Waals surface area contributed by atoms with E-state index < -0.39 is 9.84 Å². The minimum Gasteiger partial charge on any atom is -0.466 e. The molecule has 0 unspecified atom stereocenters. The third-order valence-corrected chi connectivity index (χ3v) is 5.55. The van der Waals surface area contributed by atoms with Gasteiger partial charge in [0.2, 0.25) is 5.91 Å². The maximum Gasteiger partial charge on any atom is 0.231 e. The van der Waals surface area contributed by atoms with Crippen LogP contribution in [0, 0.1) is 13.8 Å². The van der Waals surface area contributed by atoms with E-state index in [0.29, 0.717) is 5.69 Å². The predicted octanol–water partition coefficient (Wildman–Crippen LogP) is 3.43. The van der Waals surface area contributed by atoms with Crippen molar-refractivity contribution in [3.05, 3.63) is 47.4 Å². The summed E-state index contributed by atoms with van der Waals surface area (Å²) in [6, 6.07) is 8.07. The number of hydrogen-bond donors (Lipinski definition) is 1. The standard InChI is InChI=1S/C17H21NO4S/c1-5-23(20,21)15-8-6-14(7-9-15)18-17(19)12(3)16-10-11(2)22-13(16)4/h6-10,12H,5H2,1-4H3,(H,18,19)/t12-/m0/s1.